The molecule has 1 rings (SSSR count). The van der Waals surface area contributed by atoms with Crippen molar-refractivity contribution < 1.29 is 4.79 Å². The molecule has 0 unspecified atom stereocenters. The molecule has 12 heavy (non-hydrogen) atoms. The first-order valence-electron chi connectivity index (χ1n) is 3.86. The quantitative estimate of drug-likeness (QED) is 0.714. The number of carbonyl (C=O) groups is 1. The number of carbonyl (C=O) groups excluding carboxylic acids is 1. The molecule has 0 atom stereocenters. The van der Waals surface area contributed by atoms with Crippen molar-refractivity contribution in [1.29, 1.82) is 0 Å². The molecule has 0 aromatic carbocycles. The zero-order valence-corrected chi connectivity index (χ0v) is 7.08. The van der Waals surface area contributed by atoms with Gasteiger partial charge in [-0.3, -0.25) is 9.78 Å². The van der Waals surface area contributed by atoms with E-state index >= 15 is 0 Å². The van der Waals surface area contributed by atoms with Crippen molar-refractivity contribution in [1.82, 2.24) is 4.98 Å². The Kier molecular flexibility index (Phi) is 2.94. The van der Waals surface area contributed by atoms with Gasteiger partial charge in [-0.1, -0.05) is 6.07 Å². The summed E-state index contributed by atoms with van der Waals surface area (Å²) in [5, 5.41) is 0. The molecule has 0 spiro atoms. The highest BCUT2D eigenvalue weighted by molar-refractivity contribution is 5.77. The molecule has 2 N–H and O–H groups in total. The van der Waals surface area contributed by atoms with Gasteiger partial charge < -0.3 is 5.73 Å². The molecule has 64 valence electrons. The molecule has 3 heteroatoms. The second-order valence-corrected chi connectivity index (χ2v) is 2.70. The van der Waals surface area contributed by atoms with Crippen molar-refractivity contribution in [3.63, 3.8) is 0 Å². The van der Waals surface area contributed by atoms with Crippen LogP contribution in [0.2, 0.25) is 0 Å². The fraction of sp³-hybridized carbons (Fsp3) is 0.333. The Morgan fingerprint density at radius 2 is 2.17 bits per heavy atom. The summed E-state index contributed by atoms with van der Waals surface area (Å²) in [6, 6.07) is 5.55. The van der Waals surface area contributed by atoms with Gasteiger partial charge in [-0.2, -0.15) is 0 Å². The number of nitrogens with zero attached hydrogens (tertiary/aromatic N) is 1. The summed E-state index contributed by atoms with van der Waals surface area (Å²) in [6.45, 7) is 1.97. The number of ketones is 1. The molecule has 0 aliphatic heterocycles. The molecule has 1 heterocycles. The van der Waals surface area contributed by atoms with Crippen molar-refractivity contribution in [2.75, 3.05) is 0 Å². The molecule has 1 aromatic rings. The Labute approximate surface area is 71.6 Å². The predicted octanol–water partition coefficient (Wildman–Crippen LogP) is 0.672. The maximum absolute atomic E-state index is 10.7. The average molecular weight is 164 g/mol. The molecule has 0 amide bonds. The summed E-state index contributed by atoms with van der Waals surface area (Å²) in [5.74, 6) is 0.122. The van der Waals surface area contributed by atoms with Crippen LogP contribution in [0.3, 0.4) is 0 Å². The van der Waals surface area contributed by atoms with Gasteiger partial charge in [0.25, 0.3) is 0 Å². The third-order valence-corrected chi connectivity index (χ3v) is 1.50. The fourth-order valence-electron chi connectivity index (χ4n) is 0.996. The molecule has 1 aromatic heterocycles. The van der Waals surface area contributed by atoms with E-state index in [-0.39, 0.29) is 5.78 Å². The van der Waals surface area contributed by atoms with Gasteiger partial charge >= 0.3 is 0 Å². The second-order valence-electron chi connectivity index (χ2n) is 2.70. The largest absolute Gasteiger partial charge is 0.325 e. The van der Waals surface area contributed by atoms with Gasteiger partial charge in [0.2, 0.25) is 0 Å². The Balaban J connectivity index is 2.79. The lowest BCUT2D eigenvalue weighted by Gasteiger charge is -1.99. The number of hydrogen-bond acceptors (Lipinski definition) is 3. The minimum absolute atomic E-state index is 0.122. The van der Waals surface area contributed by atoms with Crippen LogP contribution in [0.15, 0.2) is 18.2 Å². The highest BCUT2D eigenvalue weighted by Crippen LogP contribution is 1.99. The van der Waals surface area contributed by atoms with Gasteiger partial charge in [0.15, 0.2) is 0 Å². The summed E-state index contributed by atoms with van der Waals surface area (Å²) in [4.78, 5) is 14.9. The van der Waals surface area contributed by atoms with Crippen LogP contribution in [0.5, 0.6) is 0 Å². The zero-order chi connectivity index (χ0) is 8.97. The summed E-state index contributed by atoms with van der Waals surface area (Å²) in [5.41, 5.74) is 7.03. The summed E-state index contributed by atoms with van der Waals surface area (Å²) in [7, 11) is 0. The first kappa shape index (κ1) is 8.87. The van der Waals surface area contributed by atoms with Crippen LogP contribution < -0.4 is 5.73 Å². The monoisotopic (exact) mass is 164 g/mol. The van der Waals surface area contributed by atoms with Gasteiger partial charge in [-0.25, -0.2) is 0 Å². The minimum Gasteiger partial charge on any atom is -0.325 e. The van der Waals surface area contributed by atoms with Crippen LogP contribution in [0.1, 0.15) is 18.3 Å². The Morgan fingerprint density at radius 3 is 2.75 bits per heavy atom. The third-order valence-electron chi connectivity index (χ3n) is 1.50. The average Bonchev–Trinajstić information content (AvgIpc) is 2.03. The molecule has 0 radical (unpaired) electrons. The van der Waals surface area contributed by atoms with Crippen LogP contribution in [0, 0.1) is 0 Å². The fourth-order valence-corrected chi connectivity index (χ4v) is 0.996. The minimum atomic E-state index is 0.122. The molecule has 0 bridgehead atoms. The van der Waals surface area contributed by atoms with E-state index in [1.807, 2.05) is 18.2 Å². The lowest BCUT2D eigenvalue weighted by atomic mass is 10.2. The molecule has 0 saturated heterocycles. The van der Waals surface area contributed by atoms with E-state index in [1.54, 1.807) is 6.92 Å². The van der Waals surface area contributed by atoms with E-state index in [9.17, 15) is 4.79 Å². The van der Waals surface area contributed by atoms with Crippen LogP contribution in [0.4, 0.5) is 0 Å². The van der Waals surface area contributed by atoms with E-state index in [1.165, 1.54) is 0 Å². The predicted molar refractivity (Wildman–Crippen MR) is 46.5 cm³/mol. The standard InChI is InChI=1S/C9H12N2O/c1-7(12)5-8-3-2-4-9(6-10)11-8/h2-4H,5-6,10H2,1H3. The van der Waals surface area contributed by atoms with E-state index < -0.39 is 0 Å². The summed E-state index contributed by atoms with van der Waals surface area (Å²) in [6.07, 6.45) is 0.397. The van der Waals surface area contributed by atoms with E-state index in [0.717, 1.165) is 11.4 Å². The number of hydrogen-bond donors (Lipinski definition) is 1. The highest BCUT2D eigenvalue weighted by Gasteiger charge is 1.99. The molecule has 0 aliphatic rings. The van der Waals surface area contributed by atoms with Gasteiger partial charge in [0.1, 0.15) is 5.78 Å². The van der Waals surface area contributed by atoms with Gasteiger partial charge in [0.05, 0.1) is 5.69 Å². The van der Waals surface area contributed by atoms with Crippen LogP contribution in [0.25, 0.3) is 0 Å². The van der Waals surface area contributed by atoms with Crippen molar-refractivity contribution in [2.45, 2.75) is 19.9 Å². The third kappa shape index (κ3) is 2.43. The van der Waals surface area contributed by atoms with Gasteiger partial charge in [-0.05, 0) is 19.1 Å². The molecular weight excluding hydrogens is 152 g/mol. The second kappa shape index (κ2) is 3.97. The van der Waals surface area contributed by atoms with Crippen LogP contribution >= 0.6 is 0 Å². The first-order chi connectivity index (χ1) is 5.72. The summed E-state index contributed by atoms with van der Waals surface area (Å²) >= 11 is 0. The van der Waals surface area contributed by atoms with Crippen molar-refractivity contribution in [2.24, 2.45) is 5.73 Å². The van der Waals surface area contributed by atoms with Crippen molar-refractivity contribution in [3.8, 4) is 0 Å². The molecule has 3 nitrogen and oxygen atoms in total. The summed E-state index contributed by atoms with van der Waals surface area (Å²) < 4.78 is 0. The first-order valence-corrected chi connectivity index (χ1v) is 3.86. The van der Waals surface area contributed by atoms with Crippen LogP contribution in [-0.2, 0) is 17.8 Å². The Hall–Kier alpha value is -1.22. The number of aromatic nitrogens is 1. The molecule has 0 fully saturated rings. The van der Waals surface area contributed by atoms with E-state index in [4.69, 9.17) is 5.73 Å². The smallest absolute Gasteiger partial charge is 0.135 e. The van der Waals surface area contributed by atoms with Crippen molar-refractivity contribution >= 4 is 5.78 Å². The van der Waals surface area contributed by atoms with Gasteiger partial charge in [0, 0.05) is 18.7 Å². The highest BCUT2D eigenvalue weighted by atomic mass is 16.1. The van der Waals surface area contributed by atoms with Crippen LogP contribution in [-0.4, -0.2) is 10.8 Å². The van der Waals surface area contributed by atoms with E-state index in [2.05, 4.69) is 4.98 Å². The molecular formula is C9H12N2O. The van der Waals surface area contributed by atoms with E-state index in [0.29, 0.717) is 13.0 Å². The molecule has 0 saturated carbocycles. The lowest BCUT2D eigenvalue weighted by molar-refractivity contribution is -0.116. The van der Waals surface area contributed by atoms with Crippen molar-refractivity contribution in [3.05, 3.63) is 29.6 Å². The topological polar surface area (TPSA) is 56.0 Å². The Bertz CT molecular complexity index is 284. The SMILES string of the molecule is CC(=O)Cc1cccc(CN)n1. The molecule has 0 aliphatic carbocycles. The number of rotatable bonds is 3. The maximum atomic E-state index is 10.7. The maximum Gasteiger partial charge on any atom is 0.135 e. The number of Topliss-reactive ketones (excluding diaryl/α,β-unsaturated/α-hetero) is 1. The number of pyridine rings is 1. The Morgan fingerprint density at radius 1 is 1.50 bits per heavy atom. The van der Waals surface area contributed by atoms with Gasteiger partial charge in [-0.15, -0.1) is 0 Å². The normalized spacial score (nSPS) is 9.83. The zero-order valence-electron chi connectivity index (χ0n) is 7.08. The lowest BCUT2D eigenvalue weighted by Crippen LogP contribution is -2.04. The number of nitrogens with two attached hydrogens (primary N) is 1.